The van der Waals surface area contributed by atoms with Gasteiger partial charge in [0.15, 0.2) is 5.82 Å². The van der Waals surface area contributed by atoms with Crippen LogP contribution in [0.3, 0.4) is 0 Å². The van der Waals surface area contributed by atoms with Crippen LogP contribution in [0.15, 0.2) is 41.5 Å². The largest absolute Gasteiger partial charge is 0.492 e. The van der Waals surface area contributed by atoms with E-state index in [9.17, 15) is 4.79 Å². The van der Waals surface area contributed by atoms with E-state index in [1.807, 2.05) is 24.3 Å². The highest BCUT2D eigenvalue weighted by Crippen LogP contribution is 2.26. The van der Waals surface area contributed by atoms with Crippen molar-refractivity contribution in [2.45, 2.75) is 12.8 Å². The summed E-state index contributed by atoms with van der Waals surface area (Å²) in [4.78, 5) is 18.4. The fraction of sp³-hybridized carbons (Fsp3) is 0.412. The molecule has 23 heavy (non-hydrogen) atoms. The number of aromatic nitrogens is 2. The molecule has 5 nitrogen and oxygen atoms in total. The van der Waals surface area contributed by atoms with Crippen LogP contribution < -0.4 is 15.2 Å². The predicted octanol–water partition coefficient (Wildman–Crippen LogP) is 2.73. The lowest BCUT2D eigenvalue weighted by Gasteiger charge is -2.32. The Morgan fingerprint density at radius 1 is 1.30 bits per heavy atom. The van der Waals surface area contributed by atoms with E-state index in [4.69, 9.17) is 16.3 Å². The van der Waals surface area contributed by atoms with Crippen molar-refractivity contribution in [3.05, 3.63) is 52.0 Å². The molecule has 2 heterocycles. The van der Waals surface area contributed by atoms with Crippen LogP contribution in [0, 0.1) is 5.92 Å². The van der Waals surface area contributed by atoms with Gasteiger partial charge >= 0.3 is 0 Å². The van der Waals surface area contributed by atoms with Gasteiger partial charge in [-0.05, 0) is 30.9 Å². The molecule has 1 saturated heterocycles. The molecule has 0 N–H and O–H groups in total. The smallest absolute Gasteiger partial charge is 0.293 e. The molecular weight excluding hydrogens is 314 g/mol. The summed E-state index contributed by atoms with van der Waals surface area (Å²) in [5.74, 6) is 1.74. The molecule has 1 aromatic heterocycles. The number of benzene rings is 1. The number of anilines is 1. The first-order valence-corrected chi connectivity index (χ1v) is 8.17. The minimum absolute atomic E-state index is 0.0433. The Hall–Kier alpha value is -2.01. The van der Waals surface area contributed by atoms with Crippen LogP contribution in [0.1, 0.15) is 12.8 Å². The van der Waals surface area contributed by atoms with Gasteiger partial charge in [0.05, 0.1) is 11.6 Å². The molecule has 2 aromatic rings. The lowest BCUT2D eigenvalue weighted by molar-refractivity contribution is 0.222. The maximum atomic E-state index is 12.1. The van der Waals surface area contributed by atoms with Gasteiger partial charge in [-0.25, -0.2) is 4.98 Å². The van der Waals surface area contributed by atoms with Gasteiger partial charge in [-0.2, -0.15) is 0 Å². The normalized spacial score (nSPS) is 15.7. The first kappa shape index (κ1) is 15.9. The highest BCUT2D eigenvalue weighted by atomic mass is 35.5. The zero-order chi connectivity index (χ0) is 16.2. The molecule has 0 unspecified atom stereocenters. The Morgan fingerprint density at radius 2 is 2.04 bits per heavy atom. The van der Waals surface area contributed by atoms with Crippen molar-refractivity contribution in [1.82, 2.24) is 9.55 Å². The summed E-state index contributed by atoms with van der Waals surface area (Å²) in [6, 6.07) is 7.52. The maximum Gasteiger partial charge on any atom is 0.293 e. The predicted molar refractivity (Wildman–Crippen MR) is 91.4 cm³/mol. The van der Waals surface area contributed by atoms with Gasteiger partial charge in [-0.1, -0.05) is 23.7 Å². The number of ether oxygens (including phenoxy) is 1. The lowest BCUT2D eigenvalue weighted by Crippen LogP contribution is -2.39. The average Bonchev–Trinajstić information content (AvgIpc) is 2.57. The minimum Gasteiger partial charge on any atom is -0.492 e. The molecule has 1 aliphatic rings. The minimum atomic E-state index is -0.0433. The second kappa shape index (κ2) is 7.04. The van der Waals surface area contributed by atoms with Crippen molar-refractivity contribution in [2.24, 2.45) is 13.0 Å². The Balaban J connectivity index is 1.55. The molecule has 3 rings (SSSR count). The van der Waals surface area contributed by atoms with Crippen molar-refractivity contribution < 1.29 is 4.74 Å². The van der Waals surface area contributed by atoms with E-state index in [0.717, 1.165) is 31.7 Å². The molecule has 122 valence electrons. The van der Waals surface area contributed by atoms with Crippen LogP contribution in [0.4, 0.5) is 5.82 Å². The fourth-order valence-corrected chi connectivity index (χ4v) is 2.97. The Bertz CT molecular complexity index is 724. The van der Waals surface area contributed by atoms with Crippen LogP contribution in [0.5, 0.6) is 5.75 Å². The Morgan fingerprint density at radius 3 is 2.78 bits per heavy atom. The zero-order valence-corrected chi connectivity index (χ0v) is 13.9. The van der Waals surface area contributed by atoms with Crippen LogP contribution in [-0.4, -0.2) is 29.2 Å². The third-order valence-corrected chi connectivity index (χ3v) is 4.54. The van der Waals surface area contributed by atoms with E-state index >= 15 is 0 Å². The molecule has 0 aliphatic carbocycles. The van der Waals surface area contributed by atoms with Crippen molar-refractivity contribution in [1.29, 1.82) is 0 Å². The SMILES string of the molecule is Cn1ccnc(N2CCC(COc3ccccc3Cl)CC2)c1=O. The van der Waals surface area contributed by atoms with Gasteiger partial charge in [0.25, 0.3) is 5.56 Å². The third-order valence-electron chi connectivity index (χ3n) is 4.22. The molecule has 0 spiro atoms. The number of nitrogens with zero attached hydrogens (tertiary/aromatic N) is 3. The van der Waals surface area contributed by atoms with Crippen molar-refractivity contribution >= 4 is 17.4 Å². The Labute approximate surface area is 140 Å². The number of hydrogen-bond donors (Lipinski definition) is 0. The van der Waals surface area contributed by atoms with E-state index in [-0.39, 0.29) is 5.56 Å². The van der Waals surface area contributed by atoms with E-state index < -0.39 is 0 Å². The zero-order valence-electron chi connectivity index (χ0n) is 13.1. The topological polar surface area (TPSA) is 47.4 Å². The van der Waals surface area contributed by atoms with E-state index in [1.54, 1.807) is 24.0 Å². The second-order valence-corrected chi connectivity index (χ2v) is 6.25. The molecule has 0 amide bonds. The van der Waals surface area contributed by atoms with Crippen LogP contribution in [0.25, 0.3) is 0 Å². The number of halogens is 1. The van der Waals surface area contributed by atoms with E-state index in [2.05, 4.69) is 9.88 Å². The third kappa shape index (κ3) is 3.67. The van der Waals surface area contributed by atoms with Crippen LogP contribution >= 0.6 is 11.6 Å². The molecule has 0 bridgehead atoms. The highest BCUT2D eigenvalue weighted by molar-refractivity contribution is 6.32. The number of piperidine rings is 1. The molecule has 1 aromatic carbocycles. The monoisotopic (exact) mass is 333 g/mol. The van der Waals surface area contributed by atoms with Gasteiger partial charge in [-0.15, -0.1) is 0 Å². The van der Waals surface area contributed by atoms with Crippen molar-refractivity contribution in [3.8, 4) is 5.75 Å². The van der Waals surface area contributed by atoms with Gasteiger partial charge in [0.1, 0.15) is 5.75 Å². The number of aryl methyl sites for hydroxylation is 1. The van der Waals surface area contributed by atoms with E-state index in [0.29, 0.717) is 23.4 Å². The quantitative estimate of drug-likeness (QED) is 0.863. The van der Waals surface area contributed by atoms with Crippen molar-refractivity contribution in [2.75, 3.05) is 24.6 Å². The summed E-state index contributed by atoms with van der Waals surface area (Å²) in [5, 5.41) is 0.641. The summed E-state index contributed by atoms with van der Waals surface area (Å²) in [6.07, 6.45) is 5.30. The molecule has 0 radical (unpaired) electrons. The number of para-hydroxylation sites is 1. The summed E-state index contributed by atoms with van der Waals surface area (Å²) in [5.41, 5.74) is -0.0433. The van der Waals surface area contributed by atoms with Crippen molar-refractivity contribution in [3.63, 3.8) is 0 Å². The second-order valence-electron chi connectivity index (χ2n) is 5.84. The van der Waals surface area contributed by atoms with Crippen LogP contribution in [0.2, 0.25) is 5.02 Å². The number of rotatable bonds is 4. The lowest BCUT2D eigenvalue weighted by atomic mass is 9.98. The first-order valence-electron chi connectivity index (χ1n) is 7.79. The van der Waals surface area contributed by atoms with Gasteiger partial charge in [0.2, 0.25) is 0 Å². The molecule has 1 fully saturated rings. The van der Waals surface area contributed by atoms with Gasteiger partial charge in [0, 0.05) is 32.5 Å². The summed E-state index contributed by atoms with van der Waals surface area (Å²) in [6.45, 7) is 2.30. The molecule has 0 saturated carbocycles. The molecule has 1 aliphatic heterocycles. The van der Waals surface area contributed by atoms with Crippen LogP contribution in [-0.2, 0) is 7.05 Å². The fourth-order valence-electron chi connectivity index (χ4n) is 2.78. The summed E-state index contributed by atoms with van der Waals surface area (Å²) >= 11 is 6.10. The average molecular weight is 334 g/mol. The summed E-state index contributed by atoms with van der Waals surface area (Å²) in [7, 11) is 1.75. The van der Waals surface area contributed by atoms with Gasteiger partial charge < -0.3 is 14.2 Å². The van der Waals surface area contributed by atoms with E-state index in [1.165, 1.54) is 0 Å². The van der Waals surface area contributed by atoms with Gasteiger partial charge in [-0.3, -0.25) is 4.79 Å². The summed E-state index contributed by atoms with van der Waals surface area (Å²) < 4.78 is 7.39. The molecule has 6 heteroatoms. The Kier molecular flexibility index (Phi) is 4.86. The molecular formula is C17H20ClN3O2. The first-order chi connectivity index (χ1) is 11.1. The number of hydrogen-bond acceptors (Lipinski definition) is 4. The highest BCUT2D eigenvalue weighted by Gasteiger charge is 2.22. The molecule has 0 atom stereocenters. The maximum absolute atomic E-state index is 12.1. The standard InChI is InChI=1S/C17H20ClN3O2/c1-20-11-8-19-16(17(20)22)21-9-6-13(7-10-21)12-23-15-5-3-2-4-14(15)18/h2-5,8,11,13H,6-7,9-10,12H2,1H3.